The molecule has 4 rings (SSSR count). The molecule has 1 N–H and O–H groups in total. The molecule has 27 heavy (non-hydrogen) atoms. The molecule has 0 radical (unpaired) electrons. The summed E-state index contributed by atoms with van der Waals surface area (Å²) in [4.78, 5) is 24.8. The van der Waals surface area contributed by atoms with Gasteiger partial charge in [-0.15, -0.1) is 11.3 Å². The van der Waals surface area contributed by atoms with Crippen molar-refractivity contribution in [2.75, 3.05) is 0 Å². The number of carbonyl (C=O) groups is 1. The second kappa shape index (κ2) is 7.60. The summed E-state index contributed by atoms with van der Waals surface area (Å²) in [6.07, 6.45) is 11.2. The smallest absolute Gasteiger partial charge is 0.337 e. The van der Waals surface area contributed by atoms with Crippen molar-refractivity contribution in [3.05, 3.63) is 41.3 Å². The van der Waals surface area contributed by atoms with Crippen LogP contribution in [0.3, 0.4) is 0 Å². The van der Waals surface area contributed by atoms with Crippen molar-refractivity contribution >= 4 is 17.3 Å². The molecular weight excluding hydrogens is 360 g/mol. The summed E-state index contributed by atoms with van der Waals surface area (Å²) in [6, 6.07) is 1.76. The third-order valence-corrected chi connectivity index (χ3v) is 6.18. The molecule has 1 aliphatic rings. The molecular formula is C20H22N4O2S. The lowest BCUT2D eigenvalue weighted by atomic mass is 9.89. The van der Waals surface area contributed by atoms with E-state index in [0.717, 1.165) is 34.3 Å². The number of thiazole rings is 1. The van der Waals surface area contributed by atoms with Crippen LogP contribution in [0.2, 0.25) is 0 Å². The van der Waals surface area contributed by atoms with Gasteiger partial charge in [0, 0.05) is 30.0 Å². The zero-order valence-corrected chi connectivity index (χ0v) is 16.1. The average molecular weight is 382 g/mol. The fraction of sp³-hybridized carbons (Fsp3) is 0.400. The van der Waals surface area contributed by atoms with Crippen molar-refractivity contribution in [3.63, 3.8) is 0 Å². The van der Waals surface area contributed by atoms with Gasteiger partial charge in [-0.3, -0.25) is 9.97 Å². The van der Waals surface area contributed by atoms with Gasteiger partial charge in [-0.25, -0.2) is 9.78 Å². The van der Waals surface area contributed by atoms with Crippen LogP contribution in [-0.4, -0.2) is 30.6 Å². The topological polar surface area (TPSA) is 80.9 Å². The third kappa shape index (κ3) is 3.64. The number of aromatic nitrogens is 4. The fourth-order valence-electron chi connectivity index (χ4n) is 3.86. The Morgan fingerprint density at radius 3 is 2.78 bits per heavy atom. The van der Waals surface area contributed by atoms with Crippen LogP contribution in [0.1, 0.15) is 48.2 Å². The fourth-order valence-corrected chi connectivity index (χ4v) is 4.63. The minimum Gasteiger partial charge on any atom is -0.478 e. The number of nitrogens with zero attached hydrogens (tertiary/aromatic N) is 4. The molecule has 0 aromatic carbocycles. The molecule has 0 amide bonds. The Bertz CT molecular complexity index is 942. The maximum absolute atomic E-state index is 11.7. The highest BCUT2D eigenvalue weighted by molar-refractivity contribution is 7.13. The Hall–Kier alpha value is -2.54. The molecule has 6 nitrogen and oxygen atoms in total. The minimum atomic E-state index is -0.888. The molecule has 0 bridgehead atoms. The van der Waals surface area contributed by atoms with Gasteiger partial charge in [-0.05, 0) is 31.7 Å². The largest absolute Gasteiger partial charge is 0.478 e. The second-order valence-electron chi connectivity index (χ2n) is 7.08. The first-order valence-corrected chi connectivity index (χ1v) is 10.2. The first-order chi connectivity index (χ1) is 13.1. The Morgan fingerprint density at radius 1 is 1.26 bits per heavy atom. The molecule has 0 atom stereocenters. The highest BCUT2D eigenvalue weighted by Gasteiger charge is 2.23. The van der Waals surface area contributed by atoms with Gasteiger partial charge < -0.3 is 9.67 Å². The van der Waals surface area contributed by atoms with Crippen LogP contribution in [-0.2, 0) is 6.54 Å². The zero-order chi connectivity index (χ0) is 18.8. The maximum Gasteiger partial charge on any atom is 0.337 e. The number of hydrogen-bond donors (Lipinski definition) is 1. The monoisotopic (exact) mass is 382 g/mol. The van der Waals surface area contributed by atoms with Crippen LogP contribution in [0, 0.1) is 12.8 Å². The predicted octanol–water partition coefficient (Wildman–Crippen LogP) is 4.66. The number of rotatable bonds is 5. The molecule has 140 valence electrons. The molecule has 0 unspecified atom stereocenters. The van der Waals surface area contributed by atoms with E-state index in [1.165, 1.54) is 43.4 Å². The lowest BCUT2D eigenvalue weighted by molar-refractivity contribution is 0.0696. The summed E-state index contributed by atoms with van der Waals surface area (Å²) < 4.78 is 2.15. The van der Waals surface area contributed by atoms with Crippen molar-refractivity contribution < 1.29 is 9.90 Å². The van der Waals surface area contributed by atoms with Crippen LogP contribution >= 0.6 is 11.3 Å². The number of hydrogen-bond acceptors (Lipinski definition) is 5. The van der Waals surface area contributed by atoms with Crippen molar-refractivity contribution in [1.82, 2.24) is 19.5 Å². The third-order valence-electron chi connectivity index (χ3n) is 5.31. The Morgan fingerprint density at radius 2 is 2.07 bits per heavy atom. The van der Waals surface area contributed by atoms with E-state index in [-0.39, 0.29) is 0 Å². The molecule has 7 heteroatoms. The Balaban J connectivity index is 1.72. The van der Waals surface area contributed by atoms with E-state index in [2.05, 4.69) is 14.5 Å². The van der Waals surface area contributed by atoms with Crippen molar-refractivity contribution in [2.45, 2.75) is 45.6 Å². The first kappa shape index (κ1) is 17.9. The van der Waals surface area contributed by atoms with Crippen molar-refractivity contribution in [1.29, 1.82) is 0 Å². The van der Waals surface area contributed by atoms with Gasteiger partial charge in [0.05, 0.1) is 23.1 Å². The lowest BCUT2D eigenvalue weighted by Crippen LogP contribution is -2.16. The van der Waals surface area contributed by atoms with Crippen LogP contribution in [0.25, 0.3) is 22.1 Å². The first-order valence-electron chi connectivity index (χ1n) is 9.29. The summed E-state index contributed by atoms with van der Waals surface area (Å²) in [5.41, 5.74) is 3.57. The van der Waals surface area contributed by atoms with E-state index < -0.39 is 5.97 Å². The van der Waals surface area contributed by atoms with Gasteiger partial charge in [0.2, 0.25) is 0 Å². The molecule has 0 saturated heterocycles. The normalized spacial score (nSPS) is 15.1. The van der Waals surface area contributed by atoms with E-state index in [9.17, 15) is 9.90 Å². The van der Waals surface area contributed by atoms with Crippen LogP contribution in [0.15, 0.2) is 30.0 Å². The molecule has 3 aromatic heterocycles. The maximum atomic E-state index is 11.7. The minimum absolute atomic E-state index is 0.356. The van der Waals surface area contributed by atoms with E-state index in [0.29, 0.717) is 11.5 Å². The number of aromatic carboxylic acids is 1. The SMILES string of the molecule is Cc1c(C(=O)O)cc(-c2csc(-c3cnccn3)n2)n1CC1CCCCC1. The van der Waals surface area contributed by atoms with E-state index >= 15 is 0 Å². The highest BCUT2D eigenvalue weighted by atomic mass is 32.1. The molecule has 0 aliphatic heterocycles. The lowest BCUT2D eigenvalue weighted by Gasteiger charge is -2.24. The molecule has 1 saturated carbocycles. The summed E-state index contributed by atoms with van der Waals surface area (Å²) in [7, 11) is 0. The summed E-state index contributed by atoms with van der Waals surface area (Å²) in [6.45, 7) is 2.75. The van der Waals surface area contributed by atoms with Crippen LogP contribution in [0.4, 0.5) is 0 Å². The standard InChI is InChI=1S/C20H22N4O2S/c1-13-15(20(25)26)9-18(24(13)11-14-5-3-2-4-6-14)17-12-27-19(23-17)16-10-21-7-8-22-16/h7-10,12,14H,2-6,11H2,1H3,(H,25,26). The second-order valence-corrected chi connectivity index (χ2v) is 7.94. The predicted molar refractivity (Wildman–Crippen MR) is 105 cm³/mol. The molecule has 3 aromatic rings. The van der Waals surface area contributed by atoms with Gasteiger partial charge in [0.1, 0.15) is 10.7 Å². The Labute approximate surface area is 161 Å². The molecule has 0 spiro atoms. The van der Waals surface area contributed by atoms with Gasteiger partial charge in [0.25, 0.3) is 0 Å². The van der Waals surface area contributed by atoms with E-state index in [1.54, 1.807) is 24.7 Å². The van der Waals surface area contributed by atoms with Crippen LogP contribution in [0.5, 0.6) is 0 Å². The summed E-state index contributed by atoms with van der Waals surface area (Å²) >= 11 is 1.50. The molecule has 3 heterocycles. The summed E-state index contributed by atoms with van der Waals surface area (Å²) in [5, 5.41) is 12.4. The van der Waals surface area contributed by atoms with Crippen molar-refractivity contribution in [3.8, 4) is 22.1 Å². The van der Waals surface area contributed by atoms with Gasteiger partial charge in [-0.2, -0.15) is 0 Å². The molecule has 1 aliphatic carbocycles. The highest BCUT2D eigenvalue weighted by Crippen LogP contribution is 2.33. The average Bonchev–Trinajstić information content (AvgIpc) is 3.29. The molecule has 1 fully saturated rings. The van der Waals surface area contributed by atoms with Gasteiger partial charge in [-0.1, -0.05) is 19.3 Å². The van der Waals surface area contributed by atoms with E-state index in [4.69, 9.17) is 4.98 Å². The van der Waals surface area contributed by atoms with Crippen molar-refractivity contribution in [2.24, 2.45) is 5.92 Å². The van der Waals surface area contributed by atoms with E-state index in [1.807, 2.05) is 12.3 Å². The Kier molecular flexibility index (Phi) is 5.03. The zero-order valence-electron chi connectivity index (χ0n) is 15.3. The van der Waals surface area contributed by atoms with Crippen LogP contribution < -0.4 is 0 Å². The summed E-state index contributed by atoms with van der Waals surface area (Å²) in [5.74, 6) is -0.288. The number of carboxylic acid groups (broad SMARTS) is 1. The number of carboxylic acids is 1. The van der Waals surface area contributed by atoms with Gasteiger partial charge in [0.15, 0.2) is 0 Å². The quantitative estimate of drug-likeness (QED) is 0.694. The van der Waals surface area contributed by atoms with Gasteiger partial charge >= 0.3 is 5.97 Å².